The van der Waals surface area contributed by atoms with Crippen LogP contribution < -0.4 is 10.7 Å². The lowest BCUT2D eigenvalue weighted by Gasteiger charge is -2.35. The molecule has 0 bridgehead atoms. The molecule has 0 aliphatic heterocycles. The van der Waals surface area contributed by atoms with Crippen molar-refractivity contribution in [3.8, 4) is 0 Å². The lowest BCUT2D eigenvalue weighted by Crippen LogP contribution is -2.50. The van der Waals surface area contributed by atoms with Crippen LogP contribution in [0, 0.1) is 0 Å². The van der Waals surface area contributed by atoms with Gasteiger partial charge < -0.3 is 5.73 Å². The summed E-state index contributed by atoms with van der Waals surface area (Å²) >= 11 is 5.06. The van der Waals surface area contributed by atoms with Crippen molar-refractivity contribution in [2.45, 2.75) is 19.9 Å². The average molecular weight is 223 g/mol. The largest absolute Gasteiger partial charge is 0.375 e. The zero-order chi connectivity index (χ0) is 11.4. The summed E-state index contributed by atoms with van der Waals surface area (Å²) in [4.78, 5) is 0. The Kier molecular flexibility index (Phi) is 4.05. The van der Waals surface area contributed by atoms with Crippen molar-refractivity contribution in [3.63, 3.8) is 0 Å². The fourth-order valence-corrected chi connectivity index (χ4v) is 1.50. The van der Waals surface area contributed by atoms with E-state index in [1.165, 1.54) is 0 Å². The van der Waals surface area contributed by atoms with Gasteiger partial charge in [-0.05, 0) is 38.2 Å². The molecular weight excluding hydrogens is 206 g/mol. The molecule has 82 valence electrons. The van der Waals surface area contributed by atoms with Gasteiger partial charge in [0.05, 0.1) is 5.69 Å². The molecule has 1 rings (SSSR count). The van der Waals surface area contributed by atoms with Gasteiger partial charge >= 0.3 is 0 Å². The zero-order valence-corrected chi connectivity index (χ0v) is 10.2. The third-order valence-corrected chi connectivity index (χ3v) is 2.45. The highest BCUT2D eigenvalue weighted by Gasteiger charge is 2.16. The molecule has 2 N–H and O–H groups in total. The highest BCUT2D eigenvalue weighted by atomic mass is 32.1. The van der Waals surface area contributed by atoms with Crippen LogP contribution in [0.25, 0.3) is 0 Å². The number of hydrazine groups is 1. The lowest BCUT2D eigenvalue weighted by atomic mass is 10.3. The molecule has 0 atom stereocenters. The van der Waals surface area contributed by atoms with E-state index < -0.39 is 0 Å². The molecule has 0 amide bonds. The van der Waals surface area contributed by atoms with E-state index in [0.29, 0.717) is 11.2 Å². The Balaban J connectivity index is 2.99. The van der Waals surface area contributed by atoms with Gasteiger partial charge in [0.1, 0.15) is 0 Å². The molecule has 1 aromatic rings. The van der Waals surface area contributed by atoms with Crippen molar-refractivity contribution in [1.82, 2.24) is 5.01 Å². The van der Waals surface area contributed by atoms with E-state index in [0.717, 1.165) is 5.69 Å². The van der Waals surface area contributed by atoms with Gasteiger partial charge in [-0.15, -0.1) is 0 Å². The van der Waals surface area contributed by atoms with Gasteiger partial charge in [0.15, 0.2) is 5.11 Å². The van der Waals surface area contributed by atoms with E-state index in [1.54, 1.807) is 0 Å². The average Bonchev–Trinajstić information content (AvgIpc) is 2.18. The van der Waals surface area contributed by atoms with Gasteiger partial charge in [0.2, 0.25) is 0 Å². The molecule has 4 heteroatoms. The molecule has 0 heterocycles. The predicted octanol–water partition coefficient (Wildman–Crippen LogP) is 1.99. The van der Waals surface area contributed by atoms with Crippen LogP contribution in [0.1, 0.15) is 13.8 Å². The van der Waals surface area contributed by atoms with Gasteiger partial charge in [0, 0.05) is 13.1 Å². The minimum atomic E-state index is 0.340. The monoisotopic (exact) mass is 223 g/mol. The van der Waals surface area contributed by atoms with Gasteiger partial charge in [-0.2, -0.15) is 0 Å². The molecule has 15 heavy (non-hydrogen) atoms. The summed E-state index contributed by atoms with van der Waals surface area (Å²) in [6.07, 6.45) is 0. The van der Waals surface area contributed by atoms with Crippen LogP contribution >= 0.6 is 12.2 Å². The number of rotatable bonds is 3. The maximum Gasteiger partial charge on any atom is 0.185 e. The number of nitrogens with zero attached hydrogens (tertiary/aromatic N) is 2. The SMILES string of the molecule is CC(C)N(C)N(C(N)=S)c1ccccc1. The topological polar surface area (TPSA) is 32.5 Å². The molecule has 1 aromatic carbocycles. The summed E-state index contributed by atoms with van der Waals surface area (Å²) in [5.74, 6) is 0. The van der Waals surface area contributed by atoms with Gasteiger partial charge in [0.25, 0.3) is 0 Å². The van der Waals surface area contributed by atoms with E-state index in [1.807, 2.05) is 47.4 Å². The molecule has 0 saturated heterocycles. The highest BCUT2D eigenvalue weighted by Crippen LogP contribution is 2.16. The number of hydrogen-bond donors (Lipinski definition) is 1. The van der Waals surface area contributed by atoms with E-state index in [2.05, 4.69) is 13.8 Å². The number of anilines is 1. The van der Waals surface area contributed by atoms with E-state index in [9.17, 15) is 0 Å². The molecule has 3 nitrogen and oxygen atoms in total. The van der Waals surface area contributed by atoms with Crippen molar-refractivity contribution >= 4 is 23.0 Å². The second kappa shape index (κ2) is 5.09. The Morgan fingerprint density at radius 3 is 2.20 bits per heavy atom. The molecule has 0 unspecified atom stereocenters. The van der Waals surface area contributed by atoms with Crippen LogP contribution in [0.2, 0.25) is 0 Å². The van der Waals surface area contributed by atoms with Crippen molar-refractivity contribution in [1.29, 1.82) is 0 Å². The second-order valence-electron chi connectivity index (χ2n) is 3.65. The Labute approximate surface area is 96.4 Å². The number of hydrogen-bond acceptors (Lipinski definition) is 2. The normalized spacial score (nSPS) is 10.7. The Hall–Kier alpha value is -1.13. The van der Waals surface area contributed by atoms with Crippen LogP contribution in [0.3, 0.4) is 0 Å². The predicted molar refractivity (Wildman–Crippen MR) is 68.6 cm³/mol. The number of benzene rings is 1. The van der Waals surface area contributed by atoms with Crippen LogP contribution in [0.5, 0.6) is 0 Å². The van der Waals surface area contributed by atoms with Crippen LogP contribution in [0.15, 0.2) is 30.3 Å². The number of para-hydroxylation sites is 1. The smallest absolute Gasteiger partial charge is 0.185 e. The molecule has 0 fully saturated rings. The van der Waals surface area contributed by atoms with Crippen molar-refractivity contribution < 1.29 is 0 Å². The minimum absolute atomic E-state index is 0.340. The van der Waals surface area contributed by atoms with Crippen LogP contribution in [-0.4, -0.2) is 23.2 Å². The number of nitrogens with two attached hydrogens (primary N) is 1. The molecule has 0 aliphatic rings. The van der Waals surface area contributed by atoms with E-state index in [4.69, 9.17) is 18.0 Å². The van der Waals surface area contributed by atoms with E-state index >= 15 is 0 Å². The Morgan fingerprint density at radius 2 is 1.80 bits per heavy atom. The summed E-state index contributed by atoms with van der Waals surface area (Å²) in [6, 6.07) is 10.2. The second-order valence-corrected chi connectivity index (χ2v) is 4.07. The standard InChI is InChI=1S/C11H17N3S/c1-9(2)13(3)14(11(12)15)10-7-5-4-6-8-10/h4-9H,1-3H3,(H2,12,15). The number of thiocarbonyl (C=S) groups is 1. The maximum atomic E-state index is 5.72. The maximum absolute atomic E-state index is 5.72. The van der Waals surface area contributed by atoms with Gasteiger partial charge in [-0.1, -0.05) is 18.2 Å². The van der Waals surface area contributed by atoms with E-state index in [-0.39, 0.29) is 0 Å². The zero-order valence-electron chi connectivity index (χ0n) is 9.34. The van der Waals surface area contributed by atoms with Gasteiger partial charge in [-0.25, -0.2) is 10.0 Å². The Bertz CT molecular complexity index is 324. The first-order valence-corrected chi connectivity index (χ1v) is 5.32. The van der Waals surface area contributed by atoms with Crippen molar-refractivity contribution in [2.75, 3.05) is 12.1 Å². The first-order chi connectivity index (χ1) is 7.04. The first-order valence-electron chi connectivity index (χ1n) is 4.91. The van der Waals surface area contributed by atoms with Crippen LogP contribution in [-0.2, 0) is 0 Å². The minimum Gasteiger partial charge on any atom is -0.375 e. The molecule has 0 saturated carbocycles. The summed E-state index contributed by atoms with van der Waals surface area (Å²) in [5, 5.41) is 4.20. The third-order valence-electron chi connectivity index (χ3n) is 2.27. The summed E-state index contributed by atoms with van der Waals surface area (Å²) in [6.45, 7) is 4.18. The summed E-state index contributed by atoms with van der Waals surface area (Å²) < 4.78 is 0. The lowest BCUT2D eigenvalue weighted by molar-refractivity contribution is 0.286. The summed E-state index contributed by atoms with van der Waals surface area (Å²) in [5.41, 5.74) is 6.71. The van der Waals surface area contributed by atoms with Crippen molar-refractivity contribution in [3.05, 3.63) is 30.3 Å². The highest BCUT2D eigenvalue weighted by molar-refractivity contribution is 7.80. The Morgan fingerprint density at radius 1 is 1.27 bits per heavy atom. The first kappa shape index (κ1) is 11.9. The quantitative estimate of drug-likeness (QED) is 0.627. The van der Waals surface area contributed by atoms with Gasteiger partial charge in [-0.3, -0.25) is 0 Å². The van der Waals surface area contributed by atoms with Crippen molar-refractivity contribution in [2.24, 2.45) is 5.73 Å². The molecule has 0 spiro atoms. The third kappa shape index (κ3) is 2.91. The molecular formula is C11H17N3S. The fourth-order valence-electron chi connectivity index (χ4n) is 1.26. The molecule has 0 aliphatic carbocycles. The van der Waals surface area contributed by atoms with Crippen LogP contribution in [0.4, 0.5) is 5.69 Å². The fraction of sp³-hybridized carbons (Fsp3) is 0.364. The molecule has 0 radical (unpaired) electrons. The molecule has 0 aromatic heterocycles. The summed E-state index contributed by atoms with van der Waals surface area (Å²) in [7, 11) is 1.97.